The van der Waals surface area contributed by atoms with Crippen molar-refractivity contribution < 1.29 is 52.5 Å². The Morgan fingerprint density at radius 2 is 1.26 bits per heavy atom. The molecule has 0 aliphatic carbocycles. The Hall–Kier alpha value is -4.94. The van der Waals surface area contributed by atoms with E-state index in [0.29, 0.717) is 5.69 Å². The second kappa shape index (κ2) is 16.9. The summed E-state index contributed by atoms with van der Waals surface area (Å²) in [5.74, 6) is -3.61. The molecule has 0 heterocycles. The number of carbonyl (C=O) groups excluding carboxylic acids is 6. The number of anilines is 1. The number of esters is 4. The molecule has 0 aliphatic rings. The molecule has 13 nitrogen and oxygen atoms in total. The highest BCUT2D eigenvalue weighted by atomic mass is 16.7. The third kappa shape index (κ3) is 12.6. The Labute approximate surface area is 268 Å². The molecular weight excluding hydrogens is 600 g/mol. The van der Waals surface area contributed by atoms with Crippen LogP contribution in [-0.2, 0) is 49.5 Å². The van der Waals surface area contributed by atoms with E-state index in [4.69, 9.17) is 23.7 Å². The second-order valence-corrected chi connectivity index (χ2v) is 12.3. The maximum Gasteiger partial charge on any atom is 0.414 e. The van der Waals surface area contributed by atoms with Gasteiger partial charge in [-0.2, -0.15) is 0 Å². The Bertz CT molecular complexity index is 1360. The van der Waals surface area contributed by atoms with Crippen LogP contribution in [0.15, 0.2) is 54.6 Å². The maximum absolute atomic E-state index is 13.0. The van der Waals surface area contributed by atoms with Gasteiger partial charge in [0.25, 0.3) is 5.91 Å². The molecule has 250 valence electrons. The number of nitrogens with zero attached hydrogens (tertiary/aromatic N) is 1. The number of ether oxygens (including phenoxy) is 5. The van der Waals surface area contributed by atoms with E-state index in [2.05, 4.69) is 5.32 Å². The van der Waals surface area contributed by atoms with Gasteiger partial charge in [-0.1, -0.05) is 30.3 Å². The van der Waals surface area contributed by atoms with E-state index in [9.17, 15) is 28.8 Å². The number of carbonyl (C=O) groups is 6. The highest BCUT2D eigenvalue weighted by Gasteiger charge is 2.28. The van der Waals surface area contributed by atoms with Crippen LogP contribution in [0.1, 0.15) is 70.3 Å². The monoisotopic (exact) mass is 642 g/mol. The molecule has 2 aromatic carbocycles. The first-order valence-electron chi connectivity index (χ1n) is 14.5. The predicted octanol–water partition coefficient (Wildman–Crippen LogP) is 4.52. The summed E-state index contributed by atoms with van der Waals surface area (Å²) in [5, 5.41) is 2.51. The number of benzene rings is 2. The summed E-state index contributed by atoms with van der Waals surface area (Å²) in [6.07, 6.45) is -1.18. The van der Waals surface area contributed by atoms with Gasteiger partial charge in [0.15, 0.2) is 0 Å². The highest BCUT2D eigenvalue weighted by molar-refractivity contribution is 5.97. The molecule has 1 atom stereocenters. The van der Waals surface area contributed by atoms with E-state index < -0.39 is 66.3 Å². The van der Waals surface area contributed by atoms with Gasteiger partial charge in [-0.3, -0.25) is 24.1 Å². The molecule has 46 heavy (non-hydrogen) atoms. The van der Waals surface area contributed by atoms with Gasteiger partial charge in [0.1, 0.15) is 12.6 Å². The van der Waals surface area contributed by atoms with Crippen molar-refractivity contribution in [1.29, 1.82) is 0 Å². The zero-order valence-corrected chi connectivity index (χ0v) is 27.2. The van der Waals surface area contributed by atoms with E-state index in [1.807, 2.05) is 30.3 Å². The quantitative estimate of drug-likeness (QED) is 0.186. The minimum atomic E-state index is -1.33. The summed E-state index contributed by atoms with van der Waals surface area (Å²) in [4.78, 5) is 75.8. The van der Waals surface area contributed by atoms with E-state index in [-0.39, 0.29) is 25.0 Å². The molecule has 2 rings (SSSR count). The van der Waals surface area contributed by atoms with Crippen LogP contribution in [0.4, 0.5) is 10.5 Å². The van der Waals surface area contributed by atoms with E-state index in [0.717, 1.165) is 5.56 Å². The standard InChI is InChI=1S/C33H42N2O11/c1-32(2,3)29(39)45-20-43-26(36)18-17-25(28(38)44-21-46-30(40)33(4,5)6)34-27(37)23-13-15-24(16-14-23)35(7)31(41)42-19-22-11-9-8-10-12-22/h8-16,25H,17-21H2,1-7H3,(H,34,37)/t25-/m0/s1. The third-order valence-electron chi connectivity index (χ3n) is 6.25. The molecule has 1 N–H and O–H groups in total. The molecule has 0 saturated carbocycles. The zero-order chi connectivity index (χ0) is 34.5. The lowest BCUT2D eigenvalue weighted by Crippen LogP contribution is -2.42. The van der Waals surface area contributed by atoms with Crippen molar-refractivity contribution in [3.05, 3.63) is 65.7 Å². The minimum absolute atomic E-state index is 0.0903. The van der Waals surface area contributed by atoms with Gasteiger partial charge in [0.2, 0.25) is 13.6 Å². The summed E-state index contributed by atoms with van der Waals surface area (Å²) >= 11 is 0. The maximum atomic E-state index is 13.0. The van der Waals surface area contributed by atoms with Gasteiger partial charge >= 0.3 is 30.0 Å². The van der Waals surface area contributed by atoms with Crippen LogP contribution in [0.2, 0.25) is 0 Å². The SMILES string of the molecule is CN(C(=O)OCc1ccccc1)c1ccc(C(=O)N[C@@H](CCC(=O)OCOC(=O)C(C)(C)C)C(=O)OCOC(=O)C(C)(C)C)cc1. The van der Waals surface area contributed by atoms with Crippen LogP contribution < -0.4 is 10.2 Å². The van der Waals surface area contributed by atoms with Gasteiger partial charge in [-0.15, -0.1) is 0 Å². The van der Waals surface area contributed by atoms with Gasteiger partial charge < -0.3 is 29.0 Å². The summed E-state index contributed by atoms with van der Waals surface area (Å²) < 4.78 is 25.2. The third-order valence-corrected chi connectivity index (χ3v) is 6.25. The molecule has 0 unspecified atom stereocenters. The molecule has 2 aromatic rings. The first-order chi connectivity index (χ1) is 21.5. The van der Waals surface area contributed by atoms with E-state index >= 15 is 0 Å². The van der Waals surface area contributed by atoms with Gasteiger partial charge in [0, 0.05) is 24.7 Å². The fourth-order valence-corrected chi connectivity index (χ4v) is 3.41. The van der Waals surface area contributed by atoms with Crippen LogP contribution >= 0.6 is 0 Å². The first kappa shape index (κ1) is 37.2. The largest absolute Gasteiger partial charge is 0.444 e. The lowest BCUT2D eigenvalue weighted by molar-refractivity contribution is -0.174. The Morgan fingerprint density at radius 1 is 0.717 bits per heavy atom. The van der Waals surface area contributed by atoms with Gasteiger partial charge in [0.05, 0.1) is 10.8 Å². The first-order valence-corrected chi connectivity index (χ1v) is 14.5. The number of nitrogens with one attached hydrogen (secondary N) is 1. The predicted molar refractivity (Wildman–Crippen MR) is 165 cm³/mol. The second-order valence-electron chi connectivity index (χ2n) is 12.3. The molecule has 0 aliphatic heterocycles. The van der Waals surface area contributed by atoms with Crippen molar-refractivity contribution in [2.24, 2.45) is 10.8 Å². The normalized spacial score (nSPS) is 11.8. The Balaban J connectivity index is 2.02. The van der Waals surface area contributed by atoms with E-state index in [1.165, 1.54) is 36.2 Å². The smallest absolute Gasteiger partial charge is 0.414 e. The number of hydrogen-bond donors (Lipinski definition) is 1. The van der Waals surface area contributed by atoms with Crippen LogP contribution in [-0.4, -0.2) is 62.6 Å². The van der Waals surface area contributed by atoms with Crippen molar-refractivity contribution in [2.75, 3.05) is 25.5 Å². The van der Waals surface area contributed by atoms with Crippen molar-refractivity contribution in [1.82, 2.24) is 5.32 Å². The fraction of sp³-hybridized carbons (Fsp3) is 0.455. The molecule has 13 heteroatoms. The van der Waals surface area contributed by atoms with Gasteiger partial charge in [-0.25, -0.2) is 9.59 Å². The molecule has 0 spiro atoms. The summed E-state index contributed by atoms with van der Waals surface area (Å²) in [6.45, 7) is 8.58. The van der Waals surface area contributed by atoms with Crippen LogP contribution in [0.3, 0.4) is 0 Å². The summed E-state index contributed by atoms with van der Waals surface area (Å²) in [6, 6.07) is 13.8. The molecule has 0 saturated heterocycles. The van der Waals surface area contributed by atoms with Crippen LogP contribution in [0.5, 0.6) is 0 Å². The van der Waals surface area contributed by atoms with Gasteiger partial charge in [-0.05, 0) is 77.8 Å². The molecule has 0 fully saturated rings. The Morgan fingerprint density at radius 3 is 1.80 bits per heavy atom. The minimum Gasteiger partial charge on any atom is -0.444 e. The molecular formula is C33H42N2O11. The summed E-state index contributed by atoms with van der Waals surface area (Å²) in [5.41, 5.74) is -0.209. The van der Waals surface area contributed by atoms with Crippen LogP contribution in [0, 0.1) is 10.8 Å². The topological polar surface area (TPSA) is 164 Å². The lowest BCUT2D eigenvalue weighted by atomic mass is 9.97. The Kier molecular flexibility index (Phi) is 13.7. The lowest BCUT2D eigenvalue weighted by Gasteiger charge is -2.20. The summed E-state index contributed by atoms with van der Waals surface area (Å²) in [7, 11) is 1.52. The zero-order valence-electron chi connectivity index (χ0n) is 27.2. The number of rotatable bonds is 13. The van der Waals surface area contributed by atoms with Crippen molar-refractivity contribution in [2.45, 2.75) is 67.0 Å². The van der Waals surface area contributed by atoms with Crippen molar-refractivity contribution in [3.63, 3.8) is 0 Å². The number of amides is 2. The van der Waals surface area contributed by atoms with Crippen molar-refractivity contribution >= 4 is 41.6 Å². The molecule has 2 amide bonds. The molecule has 0 aromatic heterocycles. The average molecular weight is 643 g/mol. The molecule has 0 radical (unpaired) electrons. The average Bonchev–Trinajstić information content (AvgIpc) is 3.00. The highest BCUT2D eigenvalue weighted by Crippen LogP contribution is 2.18. The van der Waals surface area contributed by atoms with Crippen molar-refractivity contribution in [3.8, 4) is 0 Å². The fourth-order valence-electron chi connectivity index (χ4n) is 3.41. The van der Waals surface area contributed by atoms with Crippen LogP contribution in [0.25, 0.3) is 0 Å². The number of hydrogen-bond acceptors (Lipinski definition) is 11. The molecule has 0 bridgehead atoms. The van der Waals surface area contributed by atoms with E-state index in [1.54, 1.807) is 41.5 Å².